The maximum atomic E-state index is 12.8. The molecule has 1 aliphatic heterocycles. The first-order chi connectivity index (χ1) is 16.7. The van der Waals surface area contributed by atoms with E-state index in [9.17, 15) is 13.2 Å². The van der Waals surface area contributed by atoms with Crippen LogP contribution in [0.15, 0.2) is 41.6 Å². The Morgan fingerprint density at radius 3 is 2.57 bits per heavy atom. The molecule has 1 saturated carbocycles. The lowest BCUT2D eigenvalue weighted by molar-refractivity contribution is -0.137. The number of halogens is 3. The maximum Gasteiger partial charge on any atom is 0.416 e. The predicted molar refractivity (Wildman–Crippen MR) is 131 cm³/mol. The van der Waals surface area contributed by atoms with Crippen molar-refractivity contribution in [3.8, 4) is 11.4 Å². The highest BCUT2D eigenvalue weighted by molar-refractivity contribution is 7.99. The van der Waals surface area contributed by atoms with Crippen LogP contribution in [0.4, 0.5) is 13.2 Å². The molecule has 5 nitrogen and oxygen atoms in total. The van der Waals surface area contributed by atoms with Crippen molar-refractivity contribution in [1.29, 1.82) is 0 Å². The molecule has 2 atom stereocenters. The Kier molecular flexibility index (Phi) is 6.42. The van der Waals surface area contributed by atoms with Gasteiger partial charge in [0, 0.05) is 36.3 Å². The van der Waals surface area contributed by atoms with Crippen LogP contribution in [0.1, 0.15) is 47.7 Å². The van der Waals surface area contributed by atoms with Crippen molar-refractivity contribution >= 4 is 11.8 Å². The van der Waals surface area contributed by atoms with E-state index in [-0.39, 0.29) is 5.41 Å². The molecule has 2 fully saturated rings. The summed E-state index contributed by atoms with van der Waals surface area (Å²) < 4.78 is 40.6. The molecule has 1 aromatic carbocycles. The summed E-state index contributed by atoms with van der Waals surface area (Å²) in [4.78, 5) is 7.04. The number of thioether (sulfide) groups is 1. The Labute approximate surface area is 208 Å². The molecule has 1 saturated heterocycles. The van der Waals surface area contributed by atoms with E-state index >= 15 is 0 Å². The minimum Gasteiger partial charge on any atom is -0.305 e. The third kappa shape index (κ3) is 4.98. The lowest BCUT2D eigenvalue weighted by Crippen LogP contribution is -2.23. The van der Waals surface area contributed by atoms with Gasteiger partial charge < -0.3 is 9.47 Å². The standard InChI is InChI=1S/C26H30F3N5S/c1-17-5-10-21(18(2)30-17)23-31-32-24(33(23)3)35-14-4-12-34-13-11-25(16-34)15-22(25)19-6-8-20(9-7-19)26(27,28)29/h5-10,22H,4,11-16H2,1-3H3/t22?,25-/m0/s1. The van der Waals surface area contributed by atoms with Crippen LogP contribution in [0.3, 0.4) is 0 Å². The topological polar surface area (TPSA) is 46.8 Å². The number of hydrogen-bond donors (Lipinski definition) is 0. The van der Waals surface area contributed by atoms with E-state index in [0.29, 0.717) is 5.92 Å². The maximum absolute atomic E-state index is 12.8. The molecule has 0 amide bonds. The highest BCUT2D eigenvalue weighted by Crippen LogP contribution is 2.64. The fourth-order valence-corrected chi connectivity index (χ4v) is 6.23. The van der Waals surface area contributed by atoms with Gasteiger partial charge in [0.1, 0.15) is 0 Å². The zero-order valence-corrected chi connectivity index (χ0v) is 21.1. The second-order valence-corrected chi connectivity index (χ2v) is 11.0. The van der Waals surface area contributed by atoms with E-state index in [1.165, 1.54) is 12.1 Å². The van der Waals surface area contributed by atoms with Gasteiger partial charge in [-0.2, -0.15) is 13.2 Å². The molecule has 0 N–H and O–H groups in total. The summed E-state index contributed by atoms with van der Waals surface area (Å²) in [6, 6.07) is 9.83. The molecular weight excluding hydrogens is 471 g/mol. The number of likely N-dealkylation sites (tertiary alicyclic amines) is 1. The van der Waals surface area contributed by atoms with Gasteiger partial charge in [-0.25, -0.2) is 0 Å². The van der Waals surface area contributed by atoms with Crippen molar-refractivity contribution in [3.63, 3.8) is 0 Å². The Morgan fingerprint density at radius 2 is 1.86 bits per heavy atom. The molecule has 1 unspecified atom stereocenters. The van der Waals surface area contributed by atoms with Crippen LogP contribution >= 0.6 is 11.8 Å². The molecule has 3 heterocycles. The largest absolute Gasteiger partial charge is 0.416 e. The van der Waals surface area contributed by atoms with Crippen LogP contribution < -0.4 is 0 Å². The van der Waals surface area contributed by atoms with Gasteiger partial charge in [-0.05, 0) is 87.4 Å². The lowest BCUT2D eigenvalue weighted by Gasteiger charge is -2.16. The number of aromatic nitrogens is 4. The van der Waals surface area contributed by atoms with Gasteiger partial charge in [0.15, 0.2) is 11.0 Å². The fraction of sp³-hybridized carbons (Fsp3) is 0.500. The van der Waals surface area contributed by atoms with Crippen molar-refractivity contribution in [2.45, 2.75) is 50.4 Å². The van der Waals surface area contributed by atoms with E-state index in [1.54, 1.807) is 23.9 Å². The SMILES string of the molecule is Cc1ccc(-c2nnc(SCCCN3CC[C@]4(CC4c4ccc(C(F)(F)F)cc4)C3)n2C)c(C)n1. The van der Waals surface area contributed by atoms with Crippen LogP contribution in [0.25, 0.3) is 11.4 Å². The van der Waals surface area contributed by atoms with Gasteiger partial charge in [-0.3, -0.25) is 4.98 Å². The van der Waals surface area contributed by atoms with Gasteiger partial charge in [0.05, 0.1) is 5.56 Å². The first-order valence-corrected chi connectivity index (χ1v) is 13.0. The van der Waals surface area contributed by atoms with E-state index in [2.05, 4.69) is 26.1 Å². The molecular formula is C26H30F3N5S. The van der Waals surface area contributed by atoms with Crippen LogP contribution in [0, 0.1) is 19.3 Å². The van der Waals surface area contributed by atoms with E-state index in [1.807, 2.05) is 31.5 Å². The Balaban J connectivity index is 1.10. The van der Waals surface area contributed by atoms with Crippen LogP contribution in [-0.2, 0) is 13.2 Å². The summed E-state index contributed by atoms with van der Waals surface area (Å²) in [5, 5.41) is 9.69. The summed E-state index contributed by atoms with van der Waals surface area (Å²) in [5.74, 6) is 2.19. The molecule has 35 heavy (non-hydrogen) atoms. The van der Waals surface area contributed by atoms with Gasteiger partial charge in [0.25, 0.3) is 0 Å². The quantitative estimate of drug-likeness (QED) is 0.299. The number of hydrogen-bond acceptors (Lipinski definition) is 5. The average molecular weight is 502 g/mol. The number of nitrogens with zero attached hydrogens (tertiary/aromatic N) is 5. The molecule has 186 valence electrons. The molecule has 2 aliphatic rings. The van der Waals surface area contributed by atoms with Gasteiger partial charge >= 0.3 is 6.18 Å². The molecule has 1 aliphatic carbocycles. The van der Waals surface area contributed by atoms with Crippen LogP contribution in [0.5, 0.6) is 0 Å². The molecule has 1 spiro atoms. The van der Waals surface area contributed by atoms with Gasteiger partial charge in [0.2, 0.25) is 0 Å². The Morgan fingerprint density at radius 1 is 1.09 bits per heavy atom. The summed E-state index contributed by atoms with van der Waals surface area (Å²) in [7, 11) is 2.00. The Bertz CT molecular complexity index is 1210. The lowest BCUT2D eigenvalue weighted by atomic mass is 9.97. The zero-order chi connectivity index (χ0) is 24.8. The van der Waals surface area contributed by atoms with Crippen LogP contribution in [-0.4, -0.2) is 50.0 Å². The second kappa shape index (κ2) is 9.24. The number of benzene rings is 1. The van der Waals surface area contributed by atoms with E-state index in [0.717, 1.165) is 78.1 Å². The number of aryl methyl sites for hydroxylation is 2. The summed E-state index contributed by atoms with van der Waals surface area (Å²) >= 11 is 1.72. The fourth-order valence-electron chi connectivity index (χ4n) is 5.40. The predicted octanol–water partition coefficient (Wildman–Crippen LogP) is 5.87. The normalized spacial score (nSPS) is 22.3. The van der Waals surface area contributed by atoms with E-state index < -0.39 is 11.7 Å². The monoisotopic (exact) mass is 501 g/mol. The zero-order valence-electron chi connectivity index (χ0n) is 20.3. The minimum absolute atomic E-state index is 0.255. The number of alkyl halides is 3. The molecule has 3 aromatic rings. The summed E-state index contributed by atoms with van der Waals surface area (Å²) in [6.45, 7) is 7.11. The summed E-state index contributed by atoms with van der Waals surface area (Å²) in [5.41, 5.74) is 3.69. The van der Waals surface area contributed by atoms with Crippen molar-refractivity contribution in [3.05, 3.63) is 58.9 Å². The van der Waals surface area contributed by atoms with Crippen molar-refractivity contribution in [2.75, 3.05) is 25.4 Å². The average Bonchev–Trinajstić information content (AvgIpc) is 3.16. The van der Waals surface area contributed by atoms with Gasteiger partial charge in [-0.1, -0.05) is 23.9 Å². The Hall–Kier alpha value is -2.39. The van der Waals surface area contributed by atoms with Crippen molar-refractivity contribution in [1.82, 2.24) is 24.6 Å². The number of rotatable bonds is 7. The number of pyridine rings is 1. The highest BCUT2D eigenvalue weighted by Gasteiger charge is 2.57. The molecule has 0 bridgehead atoms. The van der Waals surface area contributed by atoms with Crippen molar-refractivity contribution < 1.29 is 13.2 Å². The third-order valence-corrected chi connectivity index (χ3v) is 8.55. The van der Waals surface area contributed by atoms with E-state index in [4.69, 9.17) is 0 Å². The third-order valence-electron chi connectivity index (χ3n) is 7.45. The second-order valence-electron chi connectivity index (χ2n) is 9.92. The van der Waals surface area contributed by atoms with Gasteiger partial charge in [-0.15, -0.1) is 10.2 Å². The molecule has 0 radical (unpaired) electrons. The molecule has 5 rings (SSSR count). The first kappa shape index (κ1) is 24.3. The molecule has 9 heteroatoms. The first-order valence-electron chi connectivity index (χ1n) is 12.0. The van der Waals surface area contributed by atoms with Crippen molar-refractivity contribution in [2.24, 2.45) is 12.5 Å². The smallest absolute Gasteiger partial charge is 0.305 e. The highest BCUT2D eigenvalue weighted by atomic mass is 32.2. The summed E-state index contributed by atoms with van der Waals surface area (Å²) in [6.07, 6.45) is -1.01. The van der Waals surface area contributed by atoms with Crippen LogP contribution in [0.2, 0.25) is 0 Å². The molecule has 2 aromatic heterocycles. The minimum atomic E-state index is -4.27.